The molecule has 1 N–H and O–H groups in total. The van der Waals surface area contributed by atoms with Gasteiger partial charge in [-0.3, -0.25) is 9.77 Å². The zero-order chi connectivity index (χ0) is 11.5. The van der Waals surface area contributed by atoms with Crippen molar-refractivity contribution in [3.63, 3.8) is 0 Å². The minimum atomic E-state index is -3.29. The minimum absolute atomic E-state index is 0.306. The van der Waals surface area contributed by atoms with Crippen molar-refractivity contribution in [2.75, 3.05) is 13.2 Å². The third-order valence-electron chi connectivity index (χ3n) is 2.60. The van der Waals surface area contributed by atoms with Gasteiger partial charge < -0.3 is 9.05 Å². The fourth-order valence-corrected chi connectivity index (χ4v) is 3.74. The third-order valence-corrected chi connectivity index (χ3v) is 5.41. The summed E-state index contributed by atoms with van der Waals surface area (Å²) in [6.07, 6.45) is 2.85. The first kappa shape index (κ1) is 12.7. The van der Waals surface area contributed by atoms with Crippen LogP contribution in [0.3, 0.4) is 0 Å². The molecule has 1 unspecified atom stereocenters. The average Bonchev–Trinajstić information content (AvgIpc) is 2.49. The van der Waals surface area contributed by atoms with Crippen molar-refractivity contribution in [1.82, 2.24) is 0 Å². The molecule has 1 heterocycles. The van der Waals surface area contributed by atoms with Crippen LogP contribution in [-0.2, 0) is 13.6 Å². The maximum atomic E-state index is 12.5. The van der Waals surface area contributed by atoms with E-state index in [1.54, 1.807) is 27.0 Å². The normalized spacial score (nSPS) is 26.7. The lowest BCUT2D eigenvalue weighted by atomic mass is 10.2. The van der Waals surface area contributed by atoms with Crippen LogP contribution < -0.4 is 0 Å². The molecule has 0 aromatic rings. The molecule has 5 nitrogen and oxygen atoms in total. The zero-order valence-corrected chi connectivity index (χ0v) is 10.4. The van der Waals surface area contributed by atoms with Gasteiger partial charge in [-0.15, -0.1) is 0 Å². The van der Waals surface area contributed by atoms with E-state index in [0.717, 1.165) is 4.74 Å². The molecule has 0 saturated carbocycles. The van der Waals surface area contributed by atoms with Gasteiger partial charge in [0.1, 0.15) is 0 Å². The first-order valence-corrected chi connectivity index (χ1v) is 6.75. The van der Waals surface area contributed by atoms with Crippen LogP contribution in [0.25, 0.3) is 0 Å². The number of rotatable bonds is 5. The van der Waals surface area contributed by atoms with Gasteiger partial charge >= 0.3 is 12.9 Å². The van der Waals surface area contributed by atoms with Crippen LogP contribution in [0.1, 0.15) is 33.6 Å². The lowest BCUT2D eigenvalue weighted by Crippen LogP contribution is -2.35. The average molecular weight is 236 g/mol. The second-order valence-corrected chi connectivity index (χ2v) is 6.09. The van der Waals surface area contributed by atoms with Crippen molar-refractivity contribution in [2.24, 2.45) is 0 Å². The maximum Gasteiger partial charge on any atom is 0.405 e. The summed E-state index contributed by atoms with van der Waals surface area (Å²) in [7, 11) is -3.29. The Morgan fingerprint density at radius 3 is 2.33 bits per heavy atom. The smallest absolute Gasteiger partial charge is 0.304 e. The fraction of sp³-hybridized carbons (Fsp3) is 0.889. The van der Waals surface area contributed by atoms with Crippen molar-refractivity contribution in [1.29, 1.82) is 0 Å². The van der Waals surface area contributed by atoms with Crippen molar-refractivity contribution >= 4 is 13.8 Å². The summed E-state index contributed by atoms with van der Waals surface area (Å²) in [6, 6.07) is 0. The molecule has 0 bridgehead atoms. The van der Waals surface area contributed by atoms with Gasteiger partial charge in [0.25, 0.3) is 0 Å². The minimum Gasteiger partial charge on any atom is -0.304 e. The van der Waals surface area contributed by atoms with E-state index in [1.807, 2.05) is 0 Å². The summed E-state index contributed by atoms with van der Waals surface area (Å²) < 4.78 is 23.9. The Labute approximate surface area is 90.2 Å². The van der Waals surface area contributed by atoms with Crippen LogP contribution in [0.5, 0.6) is 0 Å². The van der Waals surface area contributed by atoms with Crippen molar-refractivity contribution < 1.29 is 23.6 Å². The van der Waals surface area contributed by atoms with Crippen LogP contribution in [-0.4, -0.2) is 34.7 Å². The summed E-state index contributed by atoms with van der Waals surface area (Å²) in [5, 5.41) is 8.74. The monoisotopic (exact) mass is 236 g/mol. The Morgan fingerprint density at radius 1 is 1.47 bits per heavy atom. The third kappa shape index (κ3) is 2.10. The van der Waals surface area contributed by atoms with Crippen molar-refractivity contribution in [3.8, 4) is 0 Å². The van der Waals surface area contributed by atoms with Gasteiger partial charge in [0.2, 0.25) is 0 Å². The lowest BCUT2D eigenvalue weighted by molar-refractivity contribution is -0.802. The van der Waals surface area contributed by atoms with Crippen LogP contribution in [0.4, 0.5) is 0 Å². The largest absolute Gasteiger partial charge is 0.405 e. The summed E-state index contributed by atoms with van der Waals surface area (Å²) in [5.41, 5.74) is 0. The van der Waals surface area contributed by atoms with Crippen molar-refractivity contribution in [2.45, 2.75) is 38.9 Å². The number of hydrogen-bond acceptors (Lipinski definition) is 4. The summed E-state index contributed by atoms with van der Waals surface area (Å²) >= 11 is 0. The van der Waals surface area contributed by atoms with Crippen LogP contribution in [0, 0.1) is 0 Å². The molecule has 0 fully saturated rings. The summed E-state index contributed by atoms with van der Waals surface area (Å²) in [4.78, 5) is 0. The Balaban J connectivity index is 2.98. The Morgan fingerprint density at radius 2 is 2.00 bits per heavy atom. The molecule has 15 heavy (non-hydrogen) atoms. The van der Waals surface area contributed by atoms with Crippen LogP contribution >= 0.6 is 7.60 Å². The molecule has 0 radical (unpaired) electrons. The second kappa shape index (κ2) is 4.64. The highest BCUT2D eigenvalue weighted by Gasteiger charge is 2.60. The highest BCUT2D eigenvalue weighted by molar-refractivity contribution is 7.55. The Hall–Kier alpha value is -0.380. The number of nitrogens with zero attached hydrogens (tertiary/aromatic N) is 1. The molecule has 88 valence electrons. The highest BCUT2D eigenvalue weighted by Crippen LogP contribution is 2.62. The Kier molecular flexibility index (Phi) is 3.93. The standard InChI is InChI=1S/C9H19NO4P/c1-4-13-15(12,14-5-2)9(3)7-6-8-10(9)11/h8,11H,4-7H2,1-3H3/q+1. The molecule has 0 spiro atoms. The SMILES string of the molecule is CCOP(=O)(OCC)C1(C)CCC=[N+]1O. The molecule has 6 heteroatoms. The number of hydroxylamine groups is 1. The van der Waals surface area contributed by atoms with E-state index in [-0.39, 0.29) is 0 Å². The van der Waals surface area contributed by atoms with E-state index in [4.69, 9.17) is 9.05 Å². The molecule has 0 amide bonds. The van der Waals surface area contributed by atoms with E-state index in [2.05, 4.69) is 0 Å². The first-order valence-electron chi connectivity index (χ1n) is 5.21. The zero-order valence-electron chi connectivity index (χ0n) is 9.47. The van der Waals surface area contributed by atoms with E-state index in [0.29, 0.717) is 26.1 Å². The highest BCUT2D eigenvalue weighted by atomic mass is 31.2. The second-order valence-electron chi connectivity index (χ2n) is 3.62. The van der Waals surface area contributed by atoms with Gasteiger partial charge in [-0.2, -0.15) is 0 Å². The maximum absolute atomic E-state index is 12.5. The molecule has 0 aliphatic carbocycles. The van der Waals surface area contributed by atoms with Crippen LogP contribution in [0.15, 0.2) is 0 Å². The molecule has 1 aliphatic rings. The summed E-state index contributed by atoms with van der Waals surface area (Å²) in [5.74, 6) is 0. The predicted octanol–water partition coefficient (Wildman–Crippen LogP) is 2.23. The van der Waals surface area contributed by atoms with Crippen molar-refractivity contribution in [3.05, 3.63) is 0 Å². The topological polar surface area (TPSA) is 58.8 Å². The van der Waals surface area contributed by atoms with E-state index < -0.39 is 12.9 Å². The van der Waals surface area contributed by atoms with E-state index in [9.17, 15) is 9.77 Å². The van der Waals surface area contributed by atoms with Crippen LogP contribution in [0.2, 0.25) is 0 Å². The molecule has 0 aromatic heterocycles. The van der Waals surface area contributed by atoms with Gasteiger partial charge in [-0.1, -0.05) is 0 Å². The van der Waals surface area contributed by atoms with Gasteiger partial charge in [0.05, 0.1) is 13.2 Å². The lowest BCUT2D eigenvalue weighted by Gasteiger charge is -2.26. The predicted molar refractivity (Wildman–Crippen MR) is 56.6 cm³/mol. The molecule has 0 aromatic carbocycles. The Bertz CT molecular complexity index is 294. The van der Waals surface area contributed by atoms with Gasteiger partial charge in [0.15, 0.2) is 6.21 Å². The molecule has 1 aliphatic heterocycles. The molecule has 1 atom stereocenters. The molecular weight excluding hydrogens is 217 g/mol. The molecule has 1 rings (SSSR count). The quantitative estimate of drug-likeness (QED) is 0.452. The number of hydrogen-bond donors (Lipinski definition) is 1. The van der Waals surface area contributed by atoms with E-state index in [1.165, 1.54) is 0 Å². The van der Waals surface area contributed by atoms with E-state index >= 15 is 0 Å². The molecule has 0 saturated heterocycles. The van der Waals surface area contributed by atoms with Gasteiger partial charge in [0, 0.05) is 19.8 Å². The van der Waals surface area contributed by atoms with Gasteiger partial charge in [-0.05, 0) is 18.6 Å². The summed E-state index contributed by atoms with van der Waals surface area (Å²) in [6.45, 7) is 5.83. The first-order chi connectivity index (χ1) is 7.00. The van der Waals surface area contributed by atoms with Gasteiger partial charge in [-0.25, -0.2) is 0 Å². The fourth-order valence-electron chi connectivity index (χ4n) is 1.69. The molecular formula is C9H19NO4P+.